The van der Waals surface area contributed by atoms with Crippen LogP contribution in [0.2, 0.25) is 0 Å². The minimum Gasteiger partial charge on any atom is -0.465 e. The maximum absolute atomic E-state index is 12.2. The normalized spacial score (nSPS) is 11.2. The van der Waals surface area contributed by atoms with Crippen molar-refractivity contribution in [2.75, 3.05) is 0 Å². The lowest BCUT2D eigenvalue weighted by atomic mass is 10.1. The molecule has 118 valence electrons. The van der Waals surface area contributed by atoms with Crippen molar-refractivity contribution >= 4 is 22.9 Å². The van der Waals surface area contributed by atoms with Crippen molar-refractivity contribution in [2.24, 2.45) is 0 Å². The number of para-hydroxylation sites is 1. The molecule has 0 spiro atoms. The summed E-state index contributed by atoms with van der Waals surface area (Å²) in [6, 6.07) is 14.9. The van der Waals surface area contributed by atoms with Gasteiger partial charge in [0.1, 0.15) is 23.2 Å². The van der Waals surface area contributed by atoms with Crippen LogP contribution in [0, 0.1) is 18.3 Å². The smallest absolute Gasteiger partial charge is 0.262 e. The summed E-state index contributed by atoms with van der Waals surface area (Å²) >= 11 is 0. The number of nitrogens with zero attached hydrogens (tertiary/aromatic N) is 2. The van der Waals surface area contributed by atoms with E-state index >= 15 is 0 Å². The zero-order valence-corrected chi connectivity index (χ0v) is 13.1. The number of furan rings is 1. The van der Waals surface area contributed by atoms with E-state index in [0.717, 1.165) is 22.2 Å². The van der Waals surface area contributed by atoms with Gasteiger partial charge in [0.05, 0.1) is 12.1 Å². The quantitative estimate of drug-likeness (QED) is 0.591. The molecule has 2 aromatic heterocycles. The van der Waals surface area contributed by atoms with Crippen LogP contribution in [0.4, 0.5) is 0 Å². The first-order valence-corrected chi connectivity index (χ1v) is 7.46. The van der Waals surface area contributed by atoms with E-state index in [4.69, 9.17) is 4.42 Å². The number of aryl methyl sites for hydroxylation is 1. The molecule has 3 aromatic rings. The molecule has 0 radical (unpaired) electrons. The maximum atomic E-state index is 12.2. The average Bonchev–Trinajstić information content (AvgIpc) is 3.03. The molecule has 0 atom stereocenters. The molecular weight excluding hydrogens is 302 g/mol. The number of carbonyl (C=O) groups is 1. The van der Waals surface area contributed by atoms with Gasteiger partial charge >= 0.3 is 0 Å². The highest BCUT2D eigenvalue weighted by atomic mass is 16.3. The molecule has 0 aliphatic carbocycles. The fourth-order valence-electron chi connectivity index (χ4n) is 2.39. The number of hydrogen-bond donors (Lipinski definition) is 1. The summed E-state index contributed by atoms with van der Waals surface area (Å²) < 4.78 is 5.40. The van der Waals surface area contributed by atoms with Crippen molar-refractivity contribution < 1.29 is 9.21 Å². The second kappa shape index (κ2) is 6.80. The van der Waals surface area contributed by atoms with E-state index in [2.05, 4.69) is 10.3 Å². The Morgan fingerprint density at radius 3 is 2.88 bits per heavy atom. The van der Waals surface area contributed by atoms with Gasteiger partial charge in [0.25, 0.3) is 5.91 Å². The number of fused-ring (bicyclic) bond motifs is 1. The second-order valence-electron chi connectivity index (χ2n) is 5.28. The van der Waals surface area contributed by atoms with Gasteiger partial charge in [-0.15, -0.1) is 0 Å². The Morgan fingerprint density at radius 1 is 1.29 bits per heavy atom. The zero-order chi connectivity index (χ0) is 16.9. The Labute approximate surface area is 139 Å². The van der Waals surface area contributed by atoms with Crippen molar-refractivity contribution in [2.45, 2.75) is 13.5 Å². The van der Waals surface area contributed by atoms with Crippen LogP contribution in [-0.4, -0.2) is 10.9 Å². The van der Waals surface area contributed by atoms with Crippen LogP contribution in [-0.2, 0) is 11.3 Å². The Morgan fingerprint density at radius 2 is 2.12 bits per heavy atom. The fraction of sp³-hybridized carbons (Fsp3) is 0.105. The van der Waals surface area contributed by atoms with E-state index in [1.54, 1.807) is 24.4 Å². The van der Waals surface area contributed by atoms with Crippen molar-refractivity contribution in [3.05, 3.63) is 71.3 Å². The van der Waals surface area contributed by atoms with Crippen LogP contribution in [0.1, 0.15) is 17.1 Å². The Balaban J connectivity index is 1.83. The molecule has 2 heterocycles. The molecule has 1 amide bonds. The third kappa shape index (κ3) is 3.33. The molecule has 0 fully saturated rings. The molecular formula is C19H15N3O2. The van der Waals surface area contributed by atoms with E-state index in [-0.39, 0.29) is 12.1 Å². The number of pyridine rings is 1. The van der Waals surface area contributed by atoms with Crippen molar-refractivity contribution in [1.82, 2.24) is 10.3 Å². The predicted molar refractivity (Wildman–Crippen MR) is 90.6 cm³/mol. The number of carbonyl (C=O) groups excluding carboxylic acids is 1. The number of aromatic nitrogens is 1. The summed E-state index contributed by atoms with van der Waals surface area (Å²) in [6.07, 6.45) is 3.24. The number of hydrogen-bond acceptors (Lipinski definition) is 4. The van der Waals surface area contributed by atoms with E-state index in [9.17, 15) is 10.1 Å². The summed E-state index contributed by atoms with van der Waals surface area (Å²) in [6.45, 7) is 2.07. The van der Waals surface area contributed by atoms with Gasteiger partial charge in [0, 0.05) is 11.6 Å². The predicted octanol–water partition coefficient (Wildman–Crippen LogP) is 3.36. The first-order valence-electron chi connectivity index (χ1n) is 7.46. The molecule has 0 aliphatic heterocycles. The van der Waals surface area contributed by atoms with Crippen LogP contribution in [0.25, 0.3) is 17.0 Å². The summed E-state index contributed by atoms with van der Waals surface area (Å²) in [5, 5.41) is 12.9. The number of rotatable bonds is 4. The van der Waals surface area contributed by atoms with E-state index < -0.39 is 5.91 Å². The second-order valence-corrected chi connectivity index (χ2v) is 5.28. The first-order chi connectivity index (χ1) is 11.7. The fourth-order valence-corrected chi connectivity index (χ4v) is 2.39. The number of nitriles is 1. The summed E-state index contributed by atoms with van der Waals surface area (Å²) in [5.74, 6) is 0.985. The van der Waals surface area contributed by atoms with Crippen LogP contribution in [0.3, 0.4) is 0 Å². The lowest BCUT2D eigenvalue weighted by Crippen LogP contribution is -2.23. The van der Waals surface area contributed by atoms with Gasteiger partial charge in [-0.25, -0.2) is 0 Å². The highest BCUT2D eigenvalue weighted by Crippen LogP contribution is 2.19. The average molecular weight is 317 g/mol. The van der Waals surface area contributed by atoms with Crippen molar-refractivity contribution in [3.8, 4) is 6.07 Å². The highest BCUT2D eigenvalue weighted by molar-refractivity contribution is 6.03. The van der Waals surface area contributed by atoms with Crippen LogP contribution >= 0.6 is 0 Å². The minimum absolute atomic E-state index is 0.0367. The molecule has 1 N–H and O–H groups in total. The standard InChI is InChI=1S/C19H15N3O2/c1-13-6-7-16(24-13)12-22-19(23)15(11-20)10-14-8-9-21-18-5-3-2-4-17(14)18/h2-10H,12H2,1H3,(H,22,23). The van der Waals surface area contributed by atoms with Crippen LogP contribution in [0.5, 0.6) is 0 Å². The molecule has 0 unspecified atom stereocenters. The Bertz CT molecular complexity index is 959. The Kier molecular flexibility index (Phi) is 4.39. The van der Waals surface area contributed by atoms with Gasteiger partial charge in [0.2, 0.25) is 0 Å². The first kappa shape index (κ1) is 15.5. The van der Waals surface area contributed by atoms with Gasteiger partial charge in [-0.2, -0.15) is 5.26 Å². The minimum atomic E-state index is -0.438. The summed E-state index contributed by atoms with van der Waals surface area (Å²) in [5.41, 5.74) is 1.63. The largest absolute Gasteiger partial charge is 0.465 e. The highest BCUT2D eigenvalue weighted by Gasteiger charge is 2.11. The van der Waals surface area contributed by atoms with Crippen LogP contribution in [0.15, 0.2) is 58.7 Å². The van der Waals surface area contributed by atoms with Gasteiger partial charge in [-0.05, 0) is 42.8 Å². The summed E-state index contributed by atoms with van der Waals surface area (Å²) in [7, 11) is 0. The molecule has 1 aromatic carbocycles. The topological polar surface area (TPSA) is 78.9 Å². The zero-order valence-electron chi connectivity index (χ0n) is 13.1. The number of nitrogens with one attached hydrogen (secondary N) is 1. The van der Waals surface area contributed by atoms with E-state index in [0.29, 0.717) is 5.76 Å². The molecule has 5 heteroatoms. The third-order valence-electron chi connectivity index (χ3n) is 3.57. The van der Waals surface area contributed by atoms with Gasteiger partial charge in [-0.3, -0.25) is 9.78 Å². The molecule has 5 nitrogen and oxygen atoms in total. The third-order valence-corrected chi connectivity index (χ3v) is 3.57. The van der Waals surface area contributed by atoms with E-state index in [1.807, 2.05) is 43.3 Å². The van der Waals surface area contributed by atoms with Crippen molar-refractivity contribution in [1.29, 1.82) is 5.26 Å². The lowest BCUT2D eigenvalue weighted by Gasteiger charge is -2.04. The van der Waals surface area contributed by atoms with Gasteiger partial charge < -0.3 is 9.73 Å². The SMILES string of the molecule is Cc1ccc(CNC(=O)C(C#N)=Cc2ccnc3ccccc23)o1. The molecule has 0 saturated heterocycles. The Hall–Kier alpha value is -3.39. The van der Waals surface area contributed by atoms with Crippen LogP contribution < -0.4 is 5.32 Å². The maximum Gasteiger partial charge on any atom is 0.262 e. The number of benzene rings is 1. The van der Waals surface area contributed by atoms with Gasteiger partial charge in [-0.1, -0.05) is 18.2 Å². The monoisotopic (exact) mass is 317 g/mol. The molecule has 0 saturated carbocycles. The molecule has 0 aliphatic rings. The van der Waals surface area contributed by atoms with E-state index in [1.165, 1.54) is 0 Å². The molecule has 0 bridgehead atoms. The van der Waals surface area contributed by atoms with Crippen molar-refractivity contribution in [3.63, 3.8) is 0 Å². The van der Waals surface area contributed by atoms with Gasteiger partial charge in [0.15, 0.2) is 0 Å². The molecule has 24 heavy (non-hydrogen) atoms. The molecule has 3 rings (SSSR count). The lowest BCUT2D eigenvalue weighted by molar-refractivity contribution is -0.117. The number of amides is 1. The summed E-state index contributed by atoms with van der Waals surface area (Å²) in [4.78, 5) is 16.5.